The molecule has 1 aliphatic heterocycles. The molecule has 0 saturated carbocycles. The van der Waals surface area contributed by atoms with Gasteiger partial charge in [0, 0.05) is 37.6 Å². The molecule has 0 bridgehead atoms. The second-order valence-corrected chi connectivity index (χ2v) is 8.58. The van der Waals surface area contributed by atoms with Gasteiger partial charge in [0.1, 0.15) is 10.8 Å². The molecule has 0 aliphatic carbocycles. The molecule has 176 valence electrons. The van der Waals surface area contributed by atoms with Gasteiger partial charge in [-0.1, -0.05) is 11.8 Å². The summed E-state index contributed by atoms with van der Waals surface area (Å²) in [5, 5.41) is 12.0. The lowest BCUT2D eigenvalue weighted by Crippen LogP contribution is -2.46. The van der Waals surface area contributed by atoms with Crippen molar-refractivity contribution >= 4 is 40.8 Å². The molecule has 1 fully saturated rings. The lowest BCUT2D eigenvalue weighted by molar-refractivity contribution is -0.113. The van der Waals surface area contributed by atoms with Gasteiger partial charge < -0.3 is 19.9 Å². The highest BCUT2D eigenvalue weighted by Crippen LogP contribution is 2.21. The Labute approximate surface area is 201 Å². The second kappa shape index (κ2) is 11.0. The topological polar surface area (TPSA) is 87.7 Å². The summed E-state index contributed by atoms with van der Waals surface area (Å²) < 4.78 is 17.8. The van der Waals surface area contributed by atoms with Crippen molar-refractivity contribution < 1.29 is 18.7 Å². The number of thioether (sulfide) groups is 1. The predicted molar refractivity (Wildman–Crippen MR) is 130 cm³/mol. The molecule has 1 aromatic heterocycles. The van der Waals surface area contributed by atoms with E-state index >= 15 is 0 Å². The van der Waals surface area contributed by atoms with Crippen LogP contribution in [0.25, 0.3) is 0 Å². The Hall–Kier alpha value is -3.66. The highest BCUT2D eigenvalue weighted by atomic mass is 32.2. The minimum Gasteiger partial charge on any atom is -0.465 e. The molecule has 0 spiro atoms. The molecule has 0 unspecified atom stereocenters. The Bertz CT molecular complexity index is 1120. The first kappa shape index (κ1) is 23.5. The maximum atomic E-state index is 13.1. The van der Waals surface area contributed by atoms with Crippen LogP contribution in [0.1, 0.15) is 10.4 Å². The molecule has 1 amide bonds. The van der Waals surface area contributed by atoms with Crippen molar-refractivity contribution in [2.24, 2.45) is 0 Å². The molecular formula is C24H24FN5O3S. The number of nitrogens with zero attached hydrogens (tertiary/aromatic N) is 4. The molecule has 3 aromatic rings. The Kier molecular flexibility index (Phi) is 7.58. The van der Waals surface area contributed by atoms with Crippen LogP contribution in [0.4, 0.5) is 21.6 Å². The zero-order valence-electron chi connectivity index (χ0n) is 18.6. The Morgan fingerprint density at radius 2 is 1.62 bits per heavy atom. The number of hydrogen-bond acceptors (Lipinski definition) is 8. The van der Waals surface area contributed by atoms with Crippen LogP contribution in [0, 0.1) is 5.82 Å². The number of nitrogens with one attached hydrogen (secondary N) is 1. The number of methoxy groups -OCH3 is 1. The Morgan fingerprint density at radius 1 is 0.941 bits per heavy atom. The van der Waals surface area contributed by atoms with Crippen molar-refractivity contribution in [2.75, 3.05) is 54.2 Å². The number of anilines is 3. The van der Waals surface area contributed by atoms with Crippen molar-refractivity contribution in [3.63, 3.8) is 0 Å². The zero-order chi connectivity index (χ0) is 23.9. The fourth-order valence-corrected chi connectivity index (χ4v) is 4.16. The van der Waals surface area contributed by atoms with Crippen molar-refractivity contribution in [1.29, 1.82) is 0 Å². The minimum absolute atomic E-state index is 0.182. The molecule has 34 heavy (non-hydrogen) atoms. The number of carbonyl (C=O) groups excluding carboxylic acids is 2. The fourth-order valence-electron chi connectivity index (χ4n) is 3.55. The predicted octanol–water partition coefficient (Wildman–Crippen LogP) is 3.46. The van der Waals surface area contributed by atoms with E-state index in [1.165, 1.54) is 31.0 Å². The van der Waals surface area contributed by atoms with Gasteiger partial charge in [-0.25, -0.2) is 9.18 Å². The van der Waals surface area contributed by atoms with Gasteiger partial charge in [0.25, 0.3) is 0 Å². The molecule has 10 heteroatoms. The van der Waals surface area contributed by atoms with Gasteiger partial charge in [-0.3, -0.25) is 4.79 Å². The summed E-state index contributed by atoms with van der Waals surface area (Å²) in [6.07, 6.45) is 0. The number of rotatable bonds is 7. The maximum absolute atomic E-state index is 13.1. The van der Waals surface area contributed by atoms with Crippen molar-refractivity contribution in [2.45, 2.75) is 5.03 Å². The van der Waals surface area contributed by atoms with Crippen molar-refractivity contribution in [1.82, 2.24) is 10.2 Å². The number of halogens is 1. The van der Waals surface area contributed by atoms with Crippen LogP contribution in [0.2, 0.25) is 0 Å². The van der Waals surface area contributed by atoms with Crippen LogP contribution < -0.4 is 15.1 Å². The molecule has 8 nitrogen and oxygen atoms in total. The first-order valence-corrected chi connectivity index (χ1v) is 11.7. The van der Waals surface area contributed by atoms with Gasteiger partial charge in [0.15, 0.2) is 5.82 Å². The average Bonchev–Trinajstić information content (AvgIpc) is 2.88. The van der Waals surface area contributed by atoms with Gasteiger partial charge in [-0.2, -0.15) is 0 Å². The van der Waals surface area contributed by atoms with E-state index in [4.69, 9.17) is 0 Å². The number of amides is 1. The molecule has 0 atom stereocenters. The molecule has 2 aromatic carbocycles. The molecule has 1 N–H and O–H groups in total. The van der Waals surface area contributed by atoms with Crippen LogP contribution in [-0.2, 0) is 9.53 Å². The summed E-state index contributed by atoms with van der Waals surface area (Å²) >= 11 is 1.30. The Morgan fingerprint density at radius 3 is 2.24 bits per heavy atom. The third-order valence-corrected chi connectivity index (χ3v) is 6.28. The van der Waals surface area contributed by atoms with Gasteiger partial charge in [0.2, 0.25) is 5.91 Å². The first-order chi connectivity index (χ1) is 16.5. The minimum atomic E-state index is -0.426. The summed E-state index contributed by atoms with van der Waals surface area (Å²) in [5.41, 5.74) is 2.03. The summed E-state index contributed by atoms with van der Waals surface area (Å²) in [7, 11) is 1.32. The lowest BCUT2D eigenvalue weighted by atomic mass is 10.2. The maximum Gasteiger partial charge on any atom is 0.337 e. The second-order valence-electron chi connectivity index (χ2n) is 7.59. The number of hydrogen-bond donors (Lipinski definition) is 1. The van der Waals surface area contributed by atoms with Crippen LogP contribution in [0.5, 0.6) is 0 Å². The van der Waals surface area contributed by atoms with Gasteiger partial charge in [-0.15, -0.1) is 10.2 Å². The van der Waals surface area contributed by atoms with E-state index in [0.717, 1.165) is 37.7 Å². The van der Waals surface area contributed by atoms with Crippen LogP contribution in [0.15, 0.2) is 65.7 Å². The van der Waals surface area contributed by atoms with E-state index in [1.54, 1.807) is 36.4 Å². The van der Waals surface area contributed by atoms with Crippen LogP contribution in [-0.4, -0.2) is 61.1 Å². The molecule has 1 saturated heterocycles. The van der Waals surface area contributed by atoms with E-state index in [1.807, 2.05) is 12.1 Å². The SMILES string of the molecule is COC(=O)c1ccc(NC(=O)CSc2ccc(N3CCN(c4ccc(F)cc4)CC3)nn2)cc1. The quantitative estimate of drug-likeness (QED) is 0.406. The number of ether oxygens (including phenoxy) is 1. The zero-order valence-corrected chi connectivity index (χ0v) is 19.4. The summed E-state index contributed by atoms with van der Waals surface area (Å²) in [6, 6.07) is 16.8. The van der Waals surface area contributed by atoms with E-state index in [9.17, 15) is 14.0 Å². The monoisotopic (exact) mass is 481 g/mol. The lowest BCUT2D eigenvalue weighted by Gasteiger charge is -2.36. The van der Waals surface area contributed by atoms with Gasteiger partial charge in [0.05, 0.1) is 18.4 Å². The molecule has 1 aliphatic rings. The summed E-state index contributed by atoms with van der Waals surface area (Å²) in [5.74, 6) is 0.132. The number of aromatic nitrogens is 2. The van der Waals surface area contributed by atoms with Gasteiger partial charge in [-0.05, 0) is 60.7 Å². The molecular weight excluding hydrogens is 457 g/mol. The van der Waals surface area contributed by atoms with Crippen molar-refractivity contribution in [3.05, 3.63) is 72.0 Å². The molecule has 2 heterocycles. The van der Waals surface area contributed by atoms with E-state index in [0.29, 0.717) is 16.3 Å². The molecule has 4 rings (SSSR count). The third-order valence-electron chi connectivity index (χ3n) is 5.36. The normalized spacial score (nSPS) is 13.5. The number of benzene rings is 2. The summed E-state index contributed by atoms with van der Waals surface area (Å²) in [4.78, 5) is 28.1. The number of carbonyl (C=O) groups is 2. The fraction of sp³-hybridized carbons (Fsp3) is 0.250. The van der Waals surface area contributed by atoms with Crippen LogP contribution in [0.3, 0.4) is 0 Å². The van der Waals surface area contributed by atoms with Gasteiger partial charge >= 0.3 is 5.97 Å². The average molecular weight is 482 g/mol. The van der Waals surface area contributed by atoms with Crippen LogP contribution >= 0.6 is 11.8 Å². The highest BCUT2D eigenvalue weighted by Gasteiger charge is 2.19. The van der Waals surface area contributed by atoms with E-state index in [-0.39, 0.29) is 17.5 Å². The molecule has 0 radical (unpaired) electrons. The summed E-state index contributed by atoms with van der Waals surface area (Å²) in [6.45, 7) is 3.20. The van der Waals surface area contributed by atoms with E-state index < -0.39 is 5.97 Å². The smallest absolute Gasteiger partial charge is 0.337 e. The standard InChI is InChI=1S/C24H24FN5O3S/c1-33-24(32)17-2-6-19(7-3-17)26-22(31)16-34-23-11-10-21(27-28-23)30-14-12-29(13-15-30)20-8-4-18(25)5-9-20/h2-11H,12-16H2,1H3,(H,26,31). The number of esters is 1. The third kappa shape index (κ3) is 6.02. The highest BCUT2D eigenvalue weighted by molar-refractivity contribution is 7.99. The number of piperazine rings is 1. The first-order valence-electron chi connectivity index (χ1n) is 10.7. The largest absolute Gasteiger partial charge is 0.465 e. The Balaban J connectivity index is 1.23. The van der Waals surface area contributed by atoms with Crippen molar-refractivity contribution in [3.8, 4) is 0 Å². The van der Waals surface area contributed by atoms with E-state index in [2.05, 4.69) is 30.1 Å².